The third-order valence-electron chi connectivity index (χ3n) is 4.42. The summed E-state index contributed by atoms with van der Waals surface area (Å²) in [5.41, 5.74) is 3.26. The molecule has 0 unspecified atom stereocenters. The first-order valence-corrected chi connectivity index (χ1v) is 9.20. The highest BCUT2D eigenvalue weighted by Gasteiger charge is 2.13. The lowest BCUT2D eigenvalue weighted by Crippen LogP contribution is -2.12. The average molecular weight is 377 g/mol. The van der Waals surface area contributed by atoms with Gasteiger partial charge in [-0.2, -0.15) is 0 Å². The van der Waals surface area contributed by atoms with Gasteiger partial charge >= 0.3 is 0 Å². The van der Waals surface area contributed by atoms with Gasteiger partial charge in [0.15, 0.2) is 0 Å². The van der Waals surface area contributed by atoms with E-state index in [1.165, 1.54) is 17.7 Å². The molecule has 144 valence electrons. The van der Waals surface area contributed by atoms with E-state index in [1.54, 1.807) is 24.3 Å². The quantitative estimate of drug-likeness (QED) is 0.596. The fraction of sp³-hybridized carbons (Fsp3) is 0.208. The highest BCUT2D eigenvalue weighted by molar-refractivity contribution is 6.04. The van der Waals surface area contributed by atoms with Crippen molar-refractivity contribution in [2.24, 2.45) is 0 Å². The zero-order valence-electron chi connectivity index (χ0n) is 16.3. The van der Waals surface area contributed by atoms with Crippen molar-refractivity contribution in [2.45, 2.75) is 32.8 Å². The Hall–Kier alpha value is -3.14. The second kappa shape index (κ2) is 8.26. The van der Waals surface area contributed by atoms with Gasteiger partial charge in [-0.3, -0.25) is 4.79 Å². The summed E-state index contributed by atoms with van der Waals surface area (Å²) in [5.74, 6) is 0.137. The monoisotopic (exact) mass is 377 g/mol. The molecule has 1 N–H and O–H groups in total. The number of rotatable bonds is 5. The number of anilines is 1. The molecule has 3 rings (SSSR count). The van der Waals surface area contributed by atoms with Gasteiger partial charge in [0, 0.05) is 11.3 Å². The van der Waals surface area contributed by atoms with E-state index in [-0.39, 0.29) is 17.1 Å². The summed E-state index contributed by atoms with van der Waals surface area (Å²) in [6, 6.07) is 21.1. The van der Waals surface area contributed by atoms with E-state index in [1.807, 2.05) is 24.3 Å². The molecule has 3 aromatic rings. The van der Waals surface area contributed by atoms with Gasteiger partial charge in [-0.25, -0.2) is 4.39 Å². The van der Waals surface area contributed by atoms with Crippen LogP contribution in [0.3, 0.4) is 0 Å². The van der Waals surface area contributed by atoms with Crippen molar-refractivity contribution in [3.05, 3.63) is 95.3 Å². The molecule has 0 heterocycles. The molecule has 0 fully saturated rings. The van der Waals surface area contributed by atoms with Crippen LogP contribution < -0.4 is 10.1 Å². The van der Waals surface area contributed by atoms with Crippen LogP contribution in [0.4, 0.5) is 10.1 Å². The third kappa shape index (κ3) is 5.19. The van der Waals surface area contributed by atoms with Gasteiger partial charge < -0.3 is 10.1 Å². The van der Waals surface area contributed by atoms with Crippen LogP contribution in [0.25, 0.3) is 0 Å². The Morgan fingerprint density at radius 1 is 0.964 bits per heavy atom. The van der Waals surface area contributed by atoms with Crippen LogP contribution in [-0.2, 0) is 12.0 Å². The predicted octanol–water partition coefficient (Wildman–Crippen LogP) is 5.95. The van der Waals surface area contributed by atoms with E-state index in [2.05, 4.69) is 38.2 Å². The van der Waals surface area contributed by atoms with Crippen molar-refractivity contribution in [1.82, 2.24) is 0 Å². The van der Waals surface area contributed by atoms with E-state index in [0.29, 0.717) is 17.9 Å². The van der Waals surface area contributed by atoms with Gasteiger partial charge in [-0.1, -0.05) is 51.1 Å². The minimum atomic E-state index is -0.388. The number of ether oxygens (including phenoxy) is 1. The first kappa shape index (κ1) is 19.6. The standard InChI is InChI=1S/C24H24FNO2/c1-24(2,3)19-11-13-22(14-12-19)28-16-17-7-9-18(10-8-17)23(27)26-21-6-4-5-20(25)15-21/h4-15H,16H2,1-3H3,(H,26,27). The molecule has 28 heavy (non-hydrogen) atoms. The maximum absolute atomic E-state index is 13.2. The molecule has 3 nitrogen and oxygen atoms in total. The van der Waals surface area contributed by atoms with Gasteiger partial charge in [0.2, 0.25) is 0 Å². The van der Waals surface area contributed by atoms with E-state index >= 15 is 0 Å². The number of hydrogen-bond donors (Lipinski definition) is 1. The van der Waals surface area contributed by atoms with Crippen molar-refractivity contribution in [3.8, 4) is 5.75 Å². The Labute approximate surface area is 165 Å². The Bertz CT molecular complexity index is 942. The van der Waals surface area contributed by atoms with Gasteiger partial charge in [0.05, 0.1) is 0 Å². The highest BCUT2D eigenvalue weighted by atomic mass is 19.1. The third-order valence-corrected chi connectivity index (χ3v) is 4.42. The first-order valence-electron chi connectivity index (χ1n) is 9.20. The summed E-state index contributed by atoms with van der Waals surface area (Å²) in [4.78, 5) is 12.3. The largest absolute Gasteiger partial charge is 0.489 e. The molecule has 0 aliphatic rings. The summed E-state index contributed by atoms with van der Waals surface area (Å²) in [7, 11) is 0. The van der Waals surface area contributed by atoms with Crippen molar-refractivity contribution < 1.29 is 13.9 Å². The Kier molecular flexibility index (Phi) is 5.78. The van der Waals surface area contributed by atoms with Crippen molar-refractivity contribution >= 4 is 11.6 Å². The number of nitrogens with one attached hydrogen (secondary N) is 1. The lowest BCUT2D eigenvalue weighted by atomic mass is 9.87. The molecule has 0 aromatic heterocycles. The molecule has 0 spiro atoms. The number of benzene rings is 3. The summed E-state index contributed by atoms with van der Waals surface area (Å²) in [5, 5.41) is 2.68. The Morgan fingerprint density at radius 2 is 1.64 bits per heavy atom. The highest BCUT2D eigenvalue weighted by Crippen LogP contribution is 2.24. The normalized spacial score (nSPS) is 11.1. The van der Waals surface area contributed by atoms with Crippen LogP contribution in [0.5, 0.6) is 5.75 Å². The van der Waals surface area contributed by atoms with E-state index < -0.39 is 0 Å². The number of carbonyl (C=O) groups excluding carboxylic acids is 1. The molecule has 0 bridgehead atoms. The maximum Gasteiger partial charge on any atom is 0.255 e. The average Bonchev–Trinajstić information content (AvgIpc) is 2.66. The summed E-state index contributed by atoms with van der Waals surface area (Å²) >= 11 is 0. The molecule has 3 aromatic carbocycles. The topological polar surface area (TPSA) is 38.3 Å². The molecular weight excluding hydrogens is 353 g/mol. The molecule has 4 heteroatoms. The molecule has 1 amide bonds. The van der Waals surface area contributed by atoms with E-state index in [4.69, 9.17) is 4.74 Å². The molecule has 0 saturated carbocycles. The van der Waals surface area contributed by atoms with Crippen molar-refractivity contribution in [2.75, 3.05) is 5.32 Å². The summed E-state index contributed by atoms with van der Waals surface area (Å²) in [6.45, 7) is 6.94. The second-order valence-electron chi connectivity index (χ2n) is 7.72. The lowest BCUT2D eigenvalue weighted by Gasteiger charge is -2.19. The number of amides is 1. The van der Waals surface area contributed by atoms with Crippen molar-refractivity contribution in [1.29, 1.82) is 0 Å². The molecule has 0 aliphatic carbocycles. The number of carbonyl (C=O) groups is 1. The van der Waals surface area contributed by atoms with Crippen LogP contribution in [0, 0.1) is 5.82 Å². The lowest BCUT2D eigenvalue weighted by molar-refractivity contribution is 0.102. The van der Waals surface area contributed by atoms with Gasteiger partial charge in [-0.05, 0) is 59.0 Å². The van der Waals surface area contributed by atoms with Gasteiger partial charge in [-0.15, -0.1) is 0 Å². The fourth-order valence-electron chi connectivity index (χ4n) is 2.74. The molecule has 0 saturated heterocycles. The van der Waals surface area contributed by atoms with E-state index in [0.717, 1.165) is 11.3 Å². The smallest absolute Gasteiger partial charge is 0.255 e. The molecule has 0 atom stereocenters. The number of hydrogen-bond acceptors (Lipinski definition) is 2. The Morgan fingerprint density at radius 3 is 2.25 bits per heavy atom. The molecular formula is C24H24FNO2. The first-order chi connectivity index (χ1) is 13.3. The van der Waals surface area contributed by atoms with Crippen LogP contribution in [0.15, 0.2) is 72.8 Å². The van der Waals surface area contributed by atoms with Crippen molar-refractivity contribution in [3.63, 3.8) is 0 Å². The zero-order valence-corrected chi connectivity index (χ0v) is 16.3. The second-order valence-corrected chi connectivity index (χ2v) is 7.72. The molecule has 0 aliphatic heterocycles. The minimum Gasteiger partial charge on any atom is -0.489 e. The van der Waals surface area contributed by atoms with Crippen LogP contribution in [0.2, 0.25) is 0 Å². The van der Waals surface area contributed by atoms with E-state index in [9.17, 15) is 9.18 Å². The maximum atomic E-state index is 13.2. The molecule has 0 radical (unpaired) electrons. The minimum absolute atomic E-state index is 0.112. The zero-order chi connectivity index (χ0) is 20.1. The van der Waals surface area contributed by atoms with Crippen LogP contribution in [0.1, 0.15) is 42.3 Å². The van der Waals surface area contributed by atoms with Gasteiger partial charge in [0.25, 0.3) is 5.91 Å². The summed E-state index contributed by atoms with van der Waals surface area (Å²) in [6.07, 6.45) is 0. The SMILES string of the molecule is CC(C)(C)c1ccc(OCc2ccc(C(=O)Nc3cccc(F)c3)cc2)cc1. The van der Waals surface area contributed by atoms with Gasteiger partial charge in [0.1, 0.15) is 18.2 Å². The summed E-state index contributed by atoms with van der Waals surface area (Å²) < 4.78 is 19.0. The van der Waals surface area contributed by atoms with Crippen LogP contribution >= 0.6 is 0 Å². The Balaban J connectivity index is 1.57. The van der Waals surface area contributed by atoms with Crippen LogP contribution in [-0.4, -0.2) is 5.91 Å². The number of halogens is 1. The predicted molar refractivity (Wildman–Crippen MR) is 110 cm³/mol. The fourth-order valence-corrected chi connectivity index (χ4v) is 2.74.